The Bertz CT molecular complexity index is 439. The summed E-state index contributed by atoms with van der Waals surface area (Å²) in [6.07, 6.45) is 1.93. The fourth-order valence-corrected chi connectivity index (χ4v) is 1.87. The van der Waals surface area contributed by atoms with Crippen molar-refractivity contribution in [1.29, 1.82) is 0 Å². The summed E-state index contributed by atoms with van der Waals surface area (Å²) in [5.74, 6) is 0. The van der Waals surface area contributed by atoms with Crippen LogP contribution in [0.5, 0.6) is 0 Å². The maximum atomic E-state index is 4.49. The Balaban J connectivity index is 2.48. The molecule has 0 bridgehead atoms. The standard InChI is InChI=1S/C11H16N4/c1-8-10(7-12-2)14-15(3)11(8)9-5-4-6-13-9/h4-6,12-13H,7H2,1-3H3. The number of hydrogen-bond donors (Lipinski definition) is 2. The van der Waals surface area contributed by atoms with E-state index in [1.54, 1.807) is 0 Å². The molecular weight excluding hydrogens is 188 g/mol. The Hall–Kier alpha value is -1.55. The van der Waals surface area contributed by atoms with E-state index in [2.05, 4.69) is 28.4 Å². The zero-order valence-corrected chi connectivity index (χ0v) is 9.33. The molecule has 0 aromatic carbocycles. The molecule has 4 nitrogen and oxygen atoms in total. The first kappa shape index (κ1) is 9.98. The largest absolute Gasteiger partial charge is 0.360 e. The van der Waals surface area contributed by atoms with Gasteiger partial charge < -0.3 is 10.3 Å². The normalized spacial score (nSPS) is 10.9. The summed E-state index contributed by atoms with van der Waals surface area (Å²) in [4.78, 5) is 3.21. The number of rotatable bonds is 3. The molecule has 4 heteroatoms. The van der Waals surface area contributed by atoms with E-state index in [9.17, 15) is 0 Å². The van der Waals surface area contributed by atoms with E-state index in [1.165, 1.54) is 5.56 Å². The summed E-state index contributed by atoms with van der Waals surface area (Å²) in [7, 11) is 3.91. The van der Waals surface area contributed by atoms with Crippen molar-refractivity contribution < 1.29 is 0 Å². The first-order valence-electron chi connectivity index (χ1n) is 5.05. The number of nitrogens with zero attached hydrogens (tertiary/aromatic N) is 2. The van der Waals surface area contributed by atoms with Crippen LogP contribution < -0.4 is 5.32 Å². The maximum Gasteiger partial charge on any atom is 0.0873 e. The lowest BCUT2D eigenvalue weighted by molar-refractivity contribution is 0.714. The van der Waals surface area contributed by atoms with Gasteiger partial charge in [0.15, 0.2) is 0 Å². The molecule has 0 saturated heterocycles. The van der Waals surface area contributed by atoms with Crippen molar-refractivity contribution in [1.82, 2.24) is 20.1 Å². The number of aromatic amines is 1. The van der Waals surface area contributed by atoms with Crippen LogP contribution >= 0.6 is 0 Å². The first-order chi connectivity index (χ1) is 7.24. The molecule has 0 fully saturated rings. The monoisotopic (exact) mass is 204 g/mol. The summed E-state index contributed by atoms with van der Waals surface area (Å²) < 4.78 is 1.92. The minimum Gasteiger partial charge on any atom is -0.360 e. The first-order valence-corrected chi connectivity index (χ1v) is 5.05. The van der Waals surface area contributed by atoms with E-state index < -0.39 is 0 Å². The van der Waals surface area contributed by atoms with Gasteiger partial charge in [0.2, 0.25) is 0 Å². The number of H-pyrrole nitrogens is 1. The van der Waals surface area contributed by atoms with Crippen LogP contribution in [0.4, 0.5) is 0 Å². The van der Waals surface area contributed by atoms with Crippen molar-refractivity contribution in [3.63, 3.8) is 0 Å². The van der Waals surface area contributed by atoms with Gasteiger partial charge >= 0.3 is 0 Å². The molecule has 0 atom stereocenters. The van der Waals surface area contributed by atoms with Gasteiger partial charge in [0.25, 0.3) is 0 Å². The number of nitrogens with one attached hydrogen (secondary N) is 2. The highest BCUT2D eigenvalue weighted by molar-refractivity contribution is 5.60. The summed E-state index contributed by atoms with van der Waals surface area (Å²) in [5, 5.41) is 7.61. The Kier molecular flexibility index (Phi) is 2.60. The molecule has 0 unspecified atom stereocenters. The van der Waals surface area contributed by atoms with Gasteiger partial charge in [-0.2, -0.15) is 5.10 Å². The third-order valence-electron chi connectivity index (χ3n) is 2.58. The fourth-order valence-electron chi connectivity index (χ4n) is 1.87. The molecule has 0 amide bonds. The number of aryl methyl sites for hydroxylation is 1. The van der Waals surface area contributed by atoms with Crippen molar-refractivity contribution in [3.8, 4) is 11.4 Å². The summed E-state index contributed by atoms with van der Waals surface area (Å²) in [5.41, 5.74) is 4.61. The predicted octanol–water partition coefficient (Wildman–Crippen LogP) is 1.44. The smallest absolute Gasteiger partial charge is 0.0873 e. The summed E-state index contributed by atoms with van der Waals surface area (Å²) >= 11 is 0. The SMILES string of the molecule is CNCc1nn(C)c(-c2ccc[nH]2)c1C. The van der Waals surface area contributed by atoms with Crippen LogP contribution in [0.15, 0.2) is 18.3 Å². The average molecular weight is 204 g/mol. The molecule has 2 aromatic rings. The van der Waals surface area contributed by atoms with Gasteiger partial charge in [-0.1, -0.05) is 0 Å². The van der Waals surface area contributed by atoms with Crippen molar-refractivity contribution in [3.05, 3.63) is 29.6 Å². The van der Waals surface area contributed by atoms with Gasteiger partial charge in [-0.15, -0.1) is 0 Å². The lowest BCUT2D eigenvalue weighted by Crippen LogP contribution is -2.06. The molecule has 2 heterocycles. The second-order valence-corrected chi connectivity index (χ2v) is 3.66. The van der Waals surface area contributed by atoms with Crippen LogP contribution in [0.3, 0.4) is 0 Å². The van der Waals surface area contributed by atoms with Gasteiger partial charge in [0.1, 0.15) is 0 Å². The number of hydrogen-bond acceptors (Lipinski definition) is 2. The van der Waals surface area contributed by atoms with E-state index in [1.807, 2.05) is 31.0 Å². The van der Waals surface area contributed by atoms with E-state index in [4.69, 9.17) is 0 Å². The van der Waals surface area contributed by atoms with E-state index in [-0.39, 0.29) is 0 Å². The topological polar surface area (TPSA) is 45.6 Å². The molecule has 0 aliphatic carbocycles. The minimum absolute atomic E-state index is 0.806. The minimum atomic E-state index is 0.806. The molecule has 0 saturated carbocycles. The zero-order chi connectivity index (χ0) is 10.8. The van der Waals surface area contributed by atoms with Crippen LogP contribution in [0.1, 0.15) is 11.3 Å². The molecule has 15 heavy (non-hydrogen) atoms. The molecule has 0 spiro atoms. The lowest BCUT2D eigenvalue weighted by atomic mass is 10.1. The molecule has 80 valence electrons. The van der Waals surface area contributed by atoms with Gasteiger partial charge in [0, 0.05) is 25.4 Å². The Morgan fingerprint density at radius 3 is 2.93 bits per heavy atom. The summed E-state index contributed by atoms with van der Waals surface area (Å²) in [6.45, 7) is 2.91. The fraction of sp³-hybridized carbons (Fsp3) is 0.364. The van der Waals surface area contributed by atoms with Crippen molar-refractivity contribution >= 4 is 0 Å². The van der Waals surface area contributed by atoms with Crippen LogP contribution in [0, 0.1) is 6.92 Å². The van der Waals surface area contributed by atoms with Crippen LogP contribution in [-0.4, -0.2) is 21.8 Å². The Morgan fingerprint density at radius 2 is 2.33 bits per heavy atom. The second kappa shape index (κ2) is 3.90. The van der Waals surface area contributed by atoms with E-state index in [0.717, 1.165) is 23.6 Å². The molecule has 2 N–H and O–H groups in total. The molecule has 0 aliphatic rings. The predicted molar refractivity (Wildman–Crippen MR) is 60.5 cm³/mol. The zero-order valence-electron chi connectivity index (χ0n) is 9.33. The molecule has 0 aliphatic heterocycles. The van der Waals surface area contributed by atoms with Crippen molar-refractivity contribution in [2.45, 2.75) is 13.5 Å². The third-order valence-corrected chi connectivity index (χ3v) is 2.58. The Labute approximate surface area is 89.3 Å². The van der Waals surface area contributed by atoms with Gasteiger partial charge in [-0.05, 0) is 26.1 Å². The lowest BCUT2D eigenvalue weighted by Gasteiger charge is -2.00. The third kappa shape index (κ3) is 1.68. The highest BCUT2D eigenvalue weighted by Gasteiger charge is 2.13. The Morgan fingerprint density at radius 1 is 1.53 bits per heavy atom. The molecule has 2 aromatic heterocycles. The molecule has 0 radical (unpaired) electrons. The van der Waals surface area contributed by atoms with E-state index >= 15 is 0 Å². The quantitative estimate of drug-likeness (QED) is 0.794. The average Bonchev–Trinajstić information content (AvgIpc) is 2.77. The molecular formula is C11H16N4. The summed E-state index contributed by atoms with van der Waals surface area (Å²) in [6, 6.07) is 4.06. The van der Waals surface area contributed by atoms with Crippen LogP contribution in [0.25, 0.3) is 11.4 Å². The van der Waals surface area contributed by atoms with Gasteiger partial charge in [-0.3, -0.25) is 4.68 Å². The van der Waals surface area contributed by atoms with Crippen LogP contribution in [-0.2, 0) is 13.6 Å². The number of aromatic nitrogens is 3. The van der Waals surface area contributed by atoms with Crippen molar-refractivity contribution in [2.24, 2.45) is 7.05 Å². The maximum absolute atomic E-state index is 4.49. The van der Waals surface area contributed by atoms with Crippen molar-refractivity contribution in [2.75, 3.05) is 7.05 Å². The van der Waals surface area contributed by atoms with Crippen LogP contribution in [0.2, 0.25) is 0 Å². The highest BCUT2D eigenvalue weighted by atomic mass is 15.3. The highest BCUT2D eigenvalue weighted by Crippen LogP contribution is 2.23. The van der Waals surface area contributed by atoms with Gasteiger partial charge in [-0.25, -0.2) is 0 Å². The van der Waals surface area contributed by atoms with Gasteiger partial charge in [0.05, 0.1) is 17.1 Å². The second-order valence-electron chi connectivity index (χ2n) is 3.66. The molecule has 2 rings (SSSR count). The van der Waals surface area contributed by atoms with E-state index in [0.29, 0.717) is 0 Å².